The van der Waals surface area contributed by atoms with Gasteiger partial charge in [0.2, 0.25) is 5.43 Å². The summed E-state index contributed by atoms with van der Waals surface area (Å²) < 4.78 is 29.0. The van der Waals surface area contributed by atoms with E-state index in [1.807, 2.05) is 6.92 Å². The van der Waals surface area contributed by atoms with Gasteiger partial charge in [-0.05, 0) is 45.3 Å². The first kappa shape index (κ1) is 22.5. The van der Waals surface area contributed by atoms with Crippen LogP contribution in [-0.2, 0) is 6.54 Å². The number of aromatic hydroxyl groups is 1. The van der Waals surface area contributed by atoms with E-state index in [0.29, 0.717) is 25.2 Å². The van der Waals surface area contributed by atoms with Crippen LogP contribution in [0.15, 0.2) is 23.0 Å². The third-order valence-corrected chi connectivity index (χ3v) is 7.16. The molecule has 34 heavy (non-hydrogen) atoms. The second-order valence-electron chi connectivity index (χ2n) is 9.07. The number of aromatic nitrogens is 1. The van der Waals surface area contributed by atoms with Crippen LogP contribution in [0.3, 0.4) is 0 Å². The molecule has 0 radical (unpaired) electrons. The van der Waals surface area contributed by atoms with Crippen LogP contribution < -0.4 is 10.7 Å². The van der Waals surface area contributed by atoms with Crippen molar-refractivity contribution in [3.05, 3.63) is 62.6 Å². The Morgan fingerprint density at radius 2 is 1.94 bits per heavy atom. The molecule has 180 valence electrons. The second-order valence-corrected chi connectivity index (χ2v) is 9.07. The molecule has 0 bridgehead atoms. The lowest BCUT2D eigenvalue weighted by atomic mass is 10.0. The highest BCUT2D eigenvalue weighted by atomic mass is 19.1. The number of rotatable bonds is 5. The van der Waals surface area contributed by atoms with Crippen molar-refractivity contribution < 1.29 is 23.5 Å². The predicted octanol–water partition coefficient (Wildman–Crippen LogP) is 2.32. The number of nitrogens with one attached hydrogen (secondary N) is 1. The Bertz CT molecular complexity index is 1240. The van der Waals surface area contributed by atoms with Crippen LogP contribution in [0.4, 0.5) is 8.78 Å². The topological polar surface area (TPSA) is 94.9 Å². The number of amides is 2. The summed E-state index contributed by atoms with van der Waals surface area (Å²) in [5.74, 6) is -3.47. The van der Waals surface area contributed by atoms with E-state index >= 15 is 0 Å². The summed E-state index contributed by atoms with van der Waals surface area (Å²) in [7, 11) is 0. The molecule has 0 spiro atoms. The fourth-order valence-electron chi connectivity index (χ4n) is 5.52. The Balaban J connectivity index is 1.59. The molecule has 5 rings (SSSR count). The summed E-state index contributed by atoms with van der Waals surface area (Å²) in [5, 5.41) is 13.3. The van der Waals surface area contributed by atoms with Gasteiger partial charge in [0, 0.05) is 31.3 Å². The quantitative estimate of drug-likeness (QED) is 0.697. The van der Waals surface area contributed by atoms with Crippen molar-refractivity contribution in [2.45, 2.75) is 44.8 Å². The van der Waals surface area contributed by atoms with Crippen LogP contribution in [0.25, 0.3) is 0 Å². The number of pyridine rings is 1. The molecule has 2 atom stereocenters. The second kappa shape index (κ2) is 8.50. The van der Waals surface area contributed by atoms with Crippen LogP contribution in [0.2, 0.25) is 0 Å². The summed E-state index contributed by atoms with van der Waals surface area (Å²) in [5.41, 5.74) is -0.696. The van der Waals surface area contributed by atoms with Crippen molar-refractivity contribution in [2.75, 3.05) is 26.2 Å². The molecular weight excluding hydrogens is 446 g/mol. The molecule has 1 saturated heterocycles. The Morgan fingerprint density at radius 3 is 2.62 bits per heavy atom. The van der Waals surface area contributed by atoms with Gasteiger partial charge in [-0.2, -0.15) is 0 Å². The summed E-state index contributed by atoms with van der Waals surface area (Å²) in [4.78, 5) is 43.4. The monoisotopic (exact) mass is 472 g/mol. The number of benzene rings is 1. The first-order chi connectivity index (χ1) is 16.3. The summed E-state index contributed by atoms with van der Waals surface area (Å²) in [6, 6.07) is 2.62. The van der Waals surface area contributed by atoms with Gasteiger partial charge in [0.25, 0.3) is 11.8 Å². The third kappa shape index (κ3) is 3.48. The molecule has 1 fully saturated rings. The Morgan fingerprint density at radius 1 is 1.21 bits per heavy atom. The number of hydrogen-bond acceptors (Lipinski definition) is 5. The smallest absolute Gasteiger partial charge is 0.274 e. The van der Waals surface area contributed by atoms with Crippen molar-refractivity contribution in [2.24, 2.45) is 0 Å². The zero-order chi connectivity index (χ0) is 24.1. The van der Waals surface area contributed by atoms with Crippen LogP contribution in [0, 0.1) is 11.6 Å². The zero-order valence-corrected chi connectivity index (χ0v) is 18.8. The maximum absolute atomic E-state index is 14.1. The third-order valence-electron chi connectivity index (χ3n) is 7.16. The summed E-state index contributed by atoms with van der Waals surface area (Å²) in [6.45, 7) is 4.09. The molecule has 0 aliphatic carbocycles. The van der Waals surface area contributed by atoms with Crippen molar-refractivity contribution in [1.82, 2.24) is 19.7 Å². The number of likely N-dealkylation sites (tertiary alicyclic amines) is 1. The van der Waals surface area contributed by atoms with E-state index in [-0.39, 0.29) is 35.4 Å². The molecule has 2 amide bonds. The first-order valence-electron chi connectivity index (χ1n) is 11.6. The highest BCUT2D eigenvalue weighted by molar-refractivity contribution is 6.00. The molecule has 3 aliphatic rings. The van der Waals surface area contributed by atoms with E-state index in [0.717, 1.165) is 38.1 Å². The normalized spacial score (nSPS) is 21.7. The molecule has 0 saturated carbocycles. The molecule has 4 heterocycles. The van der Waals surface area contributed by atoms with Crippen LogP contribution in [0.5, 0.6) is 5.75 Å². The van der Waals surface area contributed by atoms with E-state index in [1.165, 1.54) is 6.07 Å². The minimum absolute atomic E-state index is 0.0659. The standard InChI is InChI=1S/C24H26F2N4O4/c1-2-28-12-15-10-17(29-7-3-4-8-29)19-18(21(31)22(32)20(24(28)34)30(15)19)23(33)27-11-13-5-6-14(25)9-16(13)26/h5-6,9,15,17,32H,2-4,7-8,10-12H2,1H3,(H,27,33)/t15-,17?/m1/s1. The van der Waals surface area contributed by atoms with Crippen molar-refractivity contribution >= 4 is 11.8 Å². The van der Waals surface area contributed by atoms with E-state index in [4.69, 9.17) is 0 Å². The first-order valence-corrected chi connectivity index (χ1v) is 11.6. The maximum Gasteiger partial charge on any atom is 0.274 e. The zero-order valence-electron chi connectivity index (χ0n) is 18.8. The molecule has 1 unspecified atom stereocenters. The molecule has 10 heteroatoms. The number of nitrogens with zero attached hydrogens (tertiary/aromatic N) is 3. The van der Waals surface area contributed by atoms with Gasteiger partial charge in [-0.15, -0.1) is 0 Å². The van der Waals surface area contributed by atoms with E-state index < -0.39 is 34.6 Å². The molecule has 2 N–H and O–H groups in total. The van der Waals surface area contributed by atoms with Crippen LogP contribution in [-0.4, -0.2) is 57.5 Å². The van der Waals surface area contributed by atoms with E-state index in [2.05, 4.69) is 10.2 Å². The lowest BCUT2D eigenvalue weighted by Gasteiger charge is -2.33. The minimum Gasteiger partial charge on any atom is -0.503 e. The fraction of sp³-hybridized carbons (Fsp3) is 0.458. The van der Waals surface area contributed by atoms with Gasteiger partial charge in [0.05, 0.1) is 17.8 Å². The number of carbonyl (C=O) groups is 2. The fourth-order valence-corrected chi connectivity index (χ4v) is 5.52. The molecule has 1 aromatic carbocycles. The Kier molecular flexibility index (Phi) is 5.63. The van der Waals surface area contributed by atoms with E-state index in [9.17, 15) is 28.3 Å². The van der Waals surface area contributed by atoms with Crippen molar-refractivity contribution in [1.29, 1.82) is 0 Å². The molecule has 3 aliphatic heterocycles. The largest absolute Gasteiger partial charge is 0.503 e. The number of carbonyl (C=O) groups excluding carboxylic acids is 2. The van der Waals surface area contributed by atoms with Gasteiger partial charge in [-0.25, -0.2) is 8.78 Å². The van der Waals surface area contributed by atoms with Crippen LogP contribution in [0.1, 0.15) is 70.4 Å². The minimum atomic E-state index is -0.908. The van der Waals surface area contributed by atoms with Crippen molar-refractivity contribution in [3.8, 4) is 5.75 Å². The number of halogens is 2. The van der Waals surface area contributed by atoms with Gasteiger partial charge >= 0.3 is 0 Å². The van der Waals surface area contributed by atoms with Crippen molar-refractivity contribution in [3.63, 3.8) is 0 Å². The molecule has 8 nitrogen and oxygen atoms in total. The average Bonchev–Trinajstić information content (AvgIpc) is 3.46. The lowest BCUT2D eigenvalue weighted by molar-refractivity contribution is 0.0672. The molecule has 1 aromatic heterocycles. The van der Waals surface area contributed by atoms with Gasteiger partial charge in [-0.3, -0.25) is 19.3 Å². The SMILES string of the molecule is CCN1C[C@H]2CC(N3CCCC3)c3c(C(=O)NCc4ccc(F)cc4F)c(=O)c(O)c(n32)C1=O. The molecule has 2 aromatic rings. The summed E-state index contributed by atoms with van der Waals surface area (Å²) in [6.07, 6.45) is 2.62. The maximum atomic E-state index is 14.1. The van der Waals surface area contributed by atoms with Gasteiger partial charge < -0.3 is 19.9 Å². The lowest BCUT2D eigenvalue weighted by Crippen LogP contribution is -2.44. The highest BCUT2D eigenvalue weighted by Gasteiger charge is 2.46. The van der Waals surface area contributed by atoms with Gasteiger partial charge in [-0.1, -0.05) is 6.07 Å². The van der Waals surface area contributed by atoms with Gasteiger partial charge in [0.15, 0.2) is 11.4 Å². The number of hydrogen-bond donors (Lipinski definition) is 2. The number of likely N-dealkylation sites (N-methyl/N-ethyl adjacent to an activating group) is 1. The average molecular weight is 472 g/mol. The van der Waals surface area contributed by atoms with Crippen LogP contribution >= 0.6 is 0 Å². The van der Waals surface area contributed by atoms with Gasteiger partial charge in [0.1, 0.15) is 17.2 Å². The molecular formula is C24H26F2N4O4. The summed E-state index contributed by atoms with van der Waals surface area (Å²) >= 11 is 0. The van der Waals surface area contributed by atoms with E-state index in [1.54, 1.807) is 9.47 Å². The predicted molar refractivity (Wildman–Crippen MR) is 119 cm³/mol. The Hall–Kier alpha value is -3.27. The highest BCUT2D eigenvalue weighted by Crippen LogP contribution is 2.45. The Labute approximate surface area is 194 Å².